The number of carboxylic acids is 2. The fourth-order valence-electron chi connectivity index (χ4n) is 10.1. The van der Waals surface area contributed by atoms with Crippen molar-refractivity contribution in [2.24, 2.45) is 0 Å². The molecule has 268 valence electrons. The Hall–Kier alpha value is -2.26. The van der Waals surface area contributed by atoms with Crippen LogP contribution in [-0.4, -0.2) is 56.4 Å². The maximum Gasteiger partial charge on any atom is 0.0793 e. The smallest absolute Gasteiger partial charge is 0.0793 e. The Labute approximate surface area is 289 Å². The first-order valence-electron chi connectivity index (χ1n) is 18.6. The van der Waals surface area contributed by atoms with Crippen LogP contribution in [0.4, 0.5) is 0 Å². The molecule has 8 nitrogen and oxygen atoms in total. The van der Waals surface area contributed by atoms with Crippen molar-refractivity contribution in [3.63, 3.8) is 0 Å². The van der Waals surface area contributed by atoms with Crippen molar-refractivity contribution in [1.29, 1.82) is 0 Å². The van der Waals surface area contributed by atoms with Crippen molar-refractivity contribution in [3.8, 4) is 0 Å². The molecule has 5 rings (SSSR count). The Bertz CT molecular complexity index is 1300. The van der Waals surface area contributed by atoms with Crippen LogP contribution >= 0.6 is 0 Å². The molecule has 2 aliphatic carbocycles. The highest BCUT2D eigenvalue weighted by atomic mass is 16.7. The standard InChI is InChI=1S/C40H62N2O6/c1-37(2)23-28(24-38(3,4)41(37)47-30-17-11-9-12-18-30)32-21-15-16-27(22-33(35(43)44)36(45)46)34(32)29-25-39(5,6)42(40(7,8)26-29)48-31-19-13-10-14-20-31/h15-16,21-22,28-31H,9-14,17-20,23-26H2,1-8H3,(H,43,44)(H,45,46)/p-2. The van der Waals surface area contributed by atoms with Gasteiger partial charge in [0, 0.05) is 27.7 Å². The van der Waals surface area contributed by atoms with Gasteiger partial charge in [-0.15, -0.1) is 0 Å². The third-order valence-corrected chi connectivity index (χ3v) is 11.6. The molecule has 0 bridgehead atoms. The number of hydrogen-bond donors (Lipinski definition) is 0. The van der Waals surface area contributed by atoms with Gasteiger partial charge in [0.15, 0.2) is 0 Å². The SMILES string of the molecule is CC1(C)CC(c2cccc(C=C(C(=O)[O-])C(=O)[O-])c2C2CC(C)(C)N(OC3CCCCC3)C(C)(C)C2)CC(C)(C)N1OC1CCCCC1. The Morgan fingerprint density at radius 3 is 1.44 bits per heavy atom. The fraction of sp³-hybridized carbons (Fsp3) is 0.750. The topological polar surface area (TPSA) is 105 Å². The van der Waals surface area contributed by atoms with Gasteiger partial charge in [0.1, 0.15) is 0 Å². The van der Waals surface area contributed by atoms with Gasteiger partial charge >= 0.3 is 0 Å². The lowest BCUT2D eigenvalue weighted by Gasteiger charge is -2.56. The maximum absolute atomic E-state index is 12.0. The summed E-state index contributed by atoms with van der Waals surface area (Å²) >= 11 is 0. The van der Waals surface area contributed by atoms with Crippen LogP contribution in [0.3, 0.4) is 0 Å². The summed E-state index contributed by atoms with van der Waals surface area (Å²) in [5, 5.41) is 28.5. The van der Waals surface area contributed by atoms with E-state index in [2.05, 4.69) is 71.6 Å². The molecule has 48 heavy (non-hydrogen) atoms. The number of hydroxylamine groups is 4. The summed E-state index contributed by atoms with van der Waals surface area (Å²) in [6.07, 6.45) is 16.7. The largest absolute Gasteiger partial charge is 0.545 e. The van der Waals surface area contributed by atoms with Crippen LogP contribution in [0, 0.1) is 0 Å². The molecule has 2 heterocycles. The van der Waals surface area contributed by atoms with Crippen LogP contribution in [0.1, 0.15) is 174 Å². The Balaban J connectivity index is 1.55. The monoisotopic (exact) mass is 664 g/mol. The van der Waals surface area contributed by atoms with Gasteiger partial charge in [0.25, 0.3) is 0 Å². The van der Waals surface area contributed by atoms with Crippen LogP contribution in [0.15, 0.2) is 23.8 Å². The summed E-state index contributed by atoms with van der Waals surface area (Å²) in [6, 6.07) is 5.98. The summed E-state index contributed by atoms with van der Waals surface area (Å²) in [6.45, 7) is 18.0. The van der Waals surface area contributed by atoms with Crippen LogP contribution < -0.4 is 10.2 Å². The number of nitrogens with zero attached hydrogens (tertiary/aromatic N) is 2. The lowest BCUT2D eigenvalue weighted by atomic mass is 9.66. The minimum absolute atomic E-state index is 0.0381. The maximum atomic E-state index is 12.0. The third-order valence-electron chi connectivity index (χ3n) is 11.6. The molecule has 2 saturated carbocycles. The fourth-order valence-corrected chi connectivity index (χ4v) is 10.1. The van der Waals surface area contributed by atoms with E-state index in [1.54, 1.807) is 0 Å². The minimum Gasteiger partial charge on any atom is -0.545 e. The van der Waals surface area contributed by atoms with Gasteiger partial charge in [-0.3, -0.25) is 9.68 Å². The molecule has 4 aliphatic rings. The van der Waals surface area contributed by atoms with Crippen LogP contribution in [0.5, 0.6) is 0 Å². The first-order chi connectivity index (χ1) is 22.4. The molecule has 0 amide bonds. The van der Waals surface area contributed by atoms with Crippen LogP contribution in [-0.2, 0) is 19.3 Å². The molecule has 8 heteroatoms. The molecule has 4 fully saturated rings. The zero-order valence-corrected chi connectivity index (χ0v) is 30.9. The molecule has 0 atom stereocenters. The zero-order valence-electron chi connectivity index (χ0n) is 30.9. The number of rotatable bonds is 9. The number of piperidine rings is 2. The number of carboxylic acid groups (broad SMARTS) is 2. The quantitative estimate of drug-likeness (QED) is 0.166. The number of carbonyl (C=O) groups is 2. The van der Waals surface area contributed by atoms with Gasteiger partial charge in [0.05, 0.1) is 24.1 Å². The highest BCUT2D eigenvalue weighted by Crippen LogP contribution is 2.53. The van der Waals surface area contributed by atoms with Gasteiger partial charge in [-0.25, -0.2) is 0 Å². The van der Waals surface area contributed by atoms with E-state index in [0.717, 1.165) is 62.5 Å². The Morgan fingerprint density at radius 1 is 0.646 bits per heavy atom. The highest BCUT2D eigenvalue weighted by Gasteiger charge is 2.51. The van der Waals surface area contributed by atoms with Crippen LogP contribution in [0.25, 0.3) is 6.08 Å². The van der Waals surface area contributed by atoms with Gasteiger partial charge in [-0.05, 0) is 141 Å². The molecule has 1 aromatic rings. The number of aliphatic carboxylic acids is 2. The second-order valence-corrected chi connectivity index (χ2v) is 17.8. The van der Waals surface area contributed by atoms with Gasteiger partial charge in [0.2, 0.25) is 0 Å². The number of hydrogen-bond acceptors (Lipinski definition) is 8. The molecule has 2 aliphatic heterocycles. The lowest BCUT2D eigenvalue weighted by molar-refractivity contribution is -0.311. The van der Waals surface area contributed by atoms with E-state index in [0.29, 0.717) is 5.56 Å². The van der Waals surface area contributed by atoms with E-state index in [1.165, 1.54) is 44.6 Å². The van der Waals surface area contributed by atoms with Crippen molar-refractivity contribution in [1.82, 2.24) is 10.1 Å². The molecule has 0 radical (unpaired) electrons. The van der Waals surface area contributed by atoms with Crippen LogP contribution in [0.2, 0.25) is 0 Å². The predicted molar refractivity (Wildman–Crippen MR) is 184 cm³/mol. The first-order valence-corrected chi connectivity index (χ1v) is 18.6. The van der Waals surface area contributed by atoms with Gasteiger partial charge in [-0.1, -0.05) is 56.7 Å². The van der Waals surface area contributed by atoms with Crippen molar-refractivity contribution < 1.29 is 29.5 Å². The molecule has 0 N–H and O–H groups in total. The van der Waals surface area contributed by atoms with Crippen molar-refractivity contribution in [2.75, 3.05) is 0 Å². The zero-order chi connectivity index (χ0) is 35.1. The number of carbonyl (C=O) groups excluding carboxylic acids is 2. The Kier molecular flexibility index (Phi) is 10.9. The van der Waals surface area contributed by atoms with E-state index in [1.807, 2.05) is 12.1 Å². The van der Waals surface area contributed by atoms with Crippen molar-refractivity contribution in [2.45, 2.75) is 191 Å². The summed E-state index contributed by atoms with van der Waals surface area (Å²) < 4.78 is 0. The number of benzene rings is 1. The van der Waals surface area contributed by atoms with Crippen molar-refractivity contribution in [3.05, 3.63) is 40.5 Å². The van der Waals surface area contributed by atoms with E-state index in [9.17, 15) is 19.8 Å². The molecule has 0 spiro atoms. The third kappa shape index (κ3) is 8.03. The highest BCUT2D eigenvalue weighted by molar-refractivity contribution is 6.14. The molecular weight excluding hydrogens is 604 g/mol. The summed E-state index contributed by atoms with van der Waals surface area (Å²) in [4.78, 5) is 37.6. The summed E-state index contributed by atoms with van der Waals surface area (Å²) in [5.74, 6) is -3.28. The van der Waals surface area contributed by atoms with E-state index in [-0.39, 0.29) is 46.2 Å². The molecule has 0 aromatic heterocycles. The molecule has 1 aromatic carbocycles. The van der Waals surface area contributed by atoms with E-state index >= 15 is 0 Å². The molecule has 2 saturated heterocycles. The summed E-state index contributed by atoms with van der Waals surface area (Å²) in [5.41, 5.74) is 0.823. The summed E-state index contributed by atoms with van der Waals surface area (Å²) in [7, 11) is 0. The van der Waals surface area contributed by atoms with Gasteiger partial charge in [-0.2, -0.15) is 10.1 Å². The van der Waals surface area contributed by atoms with Crippen molar-refractivity contribution >= 4 is 18.0 Å². The first kappa shape index (κ1) is 37.0. The second-order valence-electron chi connectivity index (χ2n) is 17.8. The minimum atomic E-state index is -1.74. The lowest BCUT2D eigenvalue weighted by Crippen LogP contribution is -2.61. The molecule has 0 unspecified atom stereocenters. The molecular formula is C40H60N2O6-2. The average Bonchev–Trinajstić information content (AvgIpc) is 2.99. The van der Waals surface area contributed by atoms with E-state index in [4.69, 9.17) is 9.68 Å². The predicted octanol–water partition coefficient (Wildman–Crippen LogP) is 6.57. The van der Waals surface area contributed by atoms with Gasteiger partial charge < -0.3 is 19.8 Å². The average molecular weight is 665 g/mol. The Morgan fingerprint density at radius 2 is 1.04 bits per heavy atom. The normalized spacial score (nSPS) is 25.8. The second kappa shape index (κ2) is 14.2. The van der Waals surface area contributed by atoms with E-state index < -0.39 is 17.5 Å².